The lowest BCUT2D eigenvalue weighted by Crippen LogP contribution is -2.23. The van der Waals surface area contributed by atoms with Gasteiger partial charge in [-0.1, -0.05) is 24.4 Å². The lowest BCUT2D eigenvalue weighted by atomic mass is 10.1. The van der Waals surface area contributed by atoms with Gasteiger partial charge in [0.05, 0.1) is 6.42 Å². The van der Waals surface area contributed by atoms with Gasteiger partial charge < -0.3 is 14.6 Å². The summed E-state index contributed by atoms with van der Waals surface area (Å²) in [6.45, 7) is 0. The highest BCUT2D eigenvalue weighted by atomic mass is 32.1. The molecule has 0 saturated heterocycles. The van der Waals surface area contributed by atoms with Crippen LogP contribution in [0.3, 0.4) is 0 Å². The number of benzene rings is 1. The molecule has 0 spiro atoms. The Morgan fingerprint density at radius 2 is 2.00 bits per heavy atom. The van der Waals surface area contributed by atoms with Crippen molar-refractivity contribution in [3.8, 4) is 17.6 Å². The van der Waals surface area contributed by atoms with Crippen molar-refractivity contribution >= 4 is 18.1 Å². The lowest BCUT2D eigenvalue weighted by Gasteiger charge is -2.11. The summed E-state index contributed by atoms with van der Waals surface area (Å²) in [5, 5.41) is 9.11. The molecule has 1 amide bonds. The Morgan fingerprint density at radius 3 is 2.59 bits per heavy atom. The average Bonchev–Trinajstić information content (AvgIpc) is 2.49. The minimum absolute atomic E-state index is 0.0368. The van der Waals surface area contributed by atoms with Crippen LogP contribution in [0.4, 0.5) is 0 Å². The van der Waals surface area contributed by atoms with Gasteiger partial charge in [-0.3, -0.25) is 4.79 Å². The van der Waals surface area contributed by atoms with E-state index in [9.17, 15) is 4.79 Å². The molecule has 0 aliphatic carbocycles. The Kier molecular flexibility index (Phi) is 4.92. The maximum absolute atomic E-state index is 11.7. The molecule has 0 aliphatic rings. The minimum atomic E-state index is 0.0368. The maximum atomic E-state index is 11.7. The Morgan fingerprint density at radius 1 is 1.32 bits per heavy atom. The predicted molar refractivity (Wildman–Crippen MR) is 85.3 cm³/mol. The van der Waals surface area contributed by atoms with Crippen LogP contribution in [0, 0.1) is 16.0 Å². The van der Waals surface area contributed by atoms with Gasteiger partial charge in [-0.05, 0) is 23.8 Å². The average molecular weight is 313 g/mol. The number of aromatic amines is 1. The third-order valence-corrected chi connectivity index (χ3v) is 3.36. The third-order valence-electron chi connectivity index (χ3n) is 3.04. The van der Waals surface area contributed by atoms with Crippen molar-refractivity contribution in [2.75, 3.05) is 14.1 Å². The zero-order valence-corrected chi connectivity index (χ0v) is 13.1. The maximum Gasteiger partial charge on any atom is 0.226 e. The Bertz CT molecular complexity index is 773. The normalized spacial score (nSPS) is 9.86. The van der Waals surface area contributed by atoms with Gasteiger partial charge in [0, 0.05) is 20.3 Å². The summed E-state index contributed by atoms with van der Waals surface area (Å²) >= 11 is 5.05. The minimum Gasteiger partial charge on any atom is -0.456 e. The topological polar surface area (TPSA) is 69.1 Å². The summed E-state index contributed by atoms with van der Waals surface area (Å²) < 4.78 is 6.03. The molecule has 1 N–H and O–H groups in total. The summed E-state index contributed by atoms with van der Waals surface area (Å²) in [6.07, 6.45) is 1.97. The fourth-order valence-corrected chi connectivity index (χ4v) is 2.00. The van der Waals surface area contributed by atoms with Gasteiger partial charge in [0.2, 0.25) is 5.91 Å². The first-order valence-electron chi connectivity index (χ1n) is 6.60. The second-order valence-corrected chi connectivity index (χ2v) is 5.28. The van der Waals surface area contributed by atoms with E-state index in [1.165, 1.54) is 0 Å². The zero-order valence-electron chi connectivity index (χ0n) is 12.3. The summed E-state index contributed by atoms with van der Waals surface area (Å²) in [5.74, 6) is 1.02. The number of pyridine rings is 1. The number of amides is 1. The largest absolute Gasteiger partial charge is 0.456 e. The van der Waals surface area contributed by atoms with Crippen LogP contribution in [-0.4, -0.2) is 29.9 Å². The molecule has 22 heavy (non-hydrogen) atoms. The molecule has 2 aromatic rings. The van der Waals surface area contributed by atoms with E-state index in [1.807, 2.05) is 18.2 Å². The van der Waals surface area contributed by atoms with E-state index in [1.54, 1.807) is 43.4 Å². The second kappa shape index (κ2) is 6.87. The summed E-state index contributed by atoms with van der Waals surface area (Å²) in [5.41, 5.74) is 1.20. The van der Waals surface area contributed by atoms with Crippen molar-refractivity contribution < 1.29 is 9.53 Å². The molecule has 0 bridgehead atoms. The lowest BCUT2D eigenvalue weighted by molar-refractivity contribution is -0.127. The quantitative estimate of drug-likeness (QED) is 0.881. The number of ether oxygens (including phenoxy) is 1. The molecule has 1 heterocycles. The number of H-pyrrole nitrogens is 1. The van der Waals surface area contributed by atoms with Gasteiger partial charge in [-0.25, -0.2) is 0 Å². The number of hydrogen-bond acceptors (Lipinski definition) is 4. The molecule has 0 aliphatic heterocycles. The molecule has 0 radical (unpaired) electrons. The highest BCUT2D eigenvalue weighted by Crippen LogP contribution is 2.25. The number of nitrogens with zero attached hydrogens (tertiary/aromatic N) is 2. The molecule has 0 unspecified atom stereocenters. The molecule has 0 fully saturated rings. The van der Waals surface area contributed by atoms with E-state index in [4.69, 9.17) is 22.2 Å². The van der Waals surface area contributed by atoms with E-state index in [-0.39, 0.29) is 5.91 Å². The van der Waals surface area contributed by atoms with Crippen LogP contribution < -0.4 is 4.74 Å². The zero-order chi connectivity index (χ0) is 16.1. The van der Waals surface area contributed by atoms with Crippen LogP contribution in [0.2, 0.25) is 0 Å². The number of likely N-dealkylation sites (N-methyl/N-ethyl adjacent to an activating group) is 1. The summed E-state index contributed by atoms with van der Waals surface area (Å²) in [4.78, 5) is 16.0. The van der Waals surface area contributed by atoms with Gasteiger partial charge in [0.1, 0.15) is 27.8 Å². The smallest absolute Gasteiger partial charge is 0.226 e. The van der Waals surface area contributed by atoms with Crippen molar-refractivity contribution in [3.63, 3.8) is 0 Å². The van der Waals surface area contributed by atoms with Gasteiger partial charge >= 0.3 is 0 Å². The van der Waals surface area contributed by atoms with Crippen LogP contribution >= 0.6 is 12.2 Å². The van der Waals surface area contributed by atoms with Gasteiger partial charge in [0.25, 0.3) is 0 Å². The van der Waals surface area contributed by atoms with Gasteiger partial charge in [-0.2, -0.15) is 5.26 Å². The monoisotopic (exact) mass is 313 g/mol. The van der Waals surface area contributed by atoms with E-state index >= 15 is 0 Å². The SMILES string of the molecule is CN(C)C(=O)Cc1ccc(Oc2cc[nH]c(=S)c2C#N)cc1. The Labute approximate surface area is 133 Å². The Balaban J connectivity index is 2.16. The van der Waals surface area contributed by atoms with Crippen molar-refractivity contribution in [1.82, 2.24) is 9.88 Å². The number of carbonyl (C=O) groups is 1. The van der Waals surface area contributed by atoms with Crippen molar-refractivity contribution in [1.29, 1.82) is 5.26 Å². The van der Waals surface area contributed by atoms with Gasteiger partial charge in [0.15, 0.2) is 0 Å². The number of nitrogens with one attached hydrogen (secondary N) is 1. The molecular formula is C16H15N3O2S. The van der Waals surface area contributed by atoms with Crippen molar-refractivity contribution in [3.05, 3.63) is 52.3 Å². The van der Waals surface area contributed by atoms with E-state index in [2.05, 4.69) is 4.98 Å². The highest BCUT2D eigenvalue weighted by molar-refractivity contribution is 7.71. The number of rotatable bonds is 4. The molecule has 2 rings (SSSR count). The van der Waals surface area contributed by atoms with Crippen LogP contribution in [0.15, 0.2) is 36.5 Å². The highest BCUT2D eigenvalue weighted by Gasteiger charge is 2.08. The first kappa shape index (κ1) is 15.7. The molecule has 1 aromatic carbocycles. The van der Waals surface area contributed by atoms with Gasteiger partial charge in [-0.15, -0.1) is 0 Å². The van der Waals surface area contributed by atoms with Crippen LogP contribution in [0.1, 0.15) is 11.1 Å². The van der Waals surface area contributed by atoms with Crippen LogP contribution in [-0.2, 0) is 11.2 Å². The van der Waals surface area contributed by atoms with Crippen molar-refractivity contribution in [2.45, 2.75) is 6.42 Å². The van der Waals surface area contributed by atoms with E-state index in [0.29, 0.717) is 28.1 Å². The molecular weight excluding hydrogens is 298 g/mol. The molecule has 0 saturated carbocycles. The first-order chi connectivity index (χ1) is 10.5. The van der Waals surface area contributed by atoms with E-state index < -0.39 is 0 Å². The first-order valence-corrected chi connectivity index (χ1v) is 7.01. The number of aromatic nitrogens is 1. The second-order valence-electron chi connectivity index (χ2n) is 4.87. The molecule has 112 valence electrons. The summed E-state index contributed by atoms with van der Waals surface area (Å²) in [7, 11) is 3.45. The standard InChI is InChI=1S/C16H15N3O2S/c1-19(2)15(20)9-11-3-5-12(6-4-11)21-14-7-8-18-16(22)13(14)10-17/h3-8H,9H2,1-2H3,(H,18,22). The predicted octanol–water partition coefficient (Wildman–Crippen LogP) is 3.04. The Hall–Kier alpha value is -2.65. The van der Waals surface area contributed by atoms with Crippen molar-refractivity contribution in [2.24, 2.45) is 0 Å². The molecule has 0 atom stereocenters. The fraction of sp³-hybridized carbons (Fsp3) is 0.188. The summed E-state index contributed by atoms with van der Waals surface area (Å²) in [6, 6.07) is 10.9. The van der Waals surface area contributed by atoms with Crippen LogP contribution in [0.5, 0.6) is 11.5 Å². The van der Waals surface area contributed by atoms with Crippen LogP contribution in [0.25, 0.3) is 0 Å². The van der Waals surface area contributed by atoms with E-state index in [0.717, 1.165) is 5.56 Å². The molecule has 1 aromatic heterocycles. The number of nitriles is 1. The molecule has 6 heteroatoms. The number of carbonyl (C=O) groups excluding carboxylic acids is 1. The number of hydrogen-bond donors (Lipinski definition) is 1. The third kappa shape index (κ3) is 3.71. The molecule has 5 nitrogen and oxygen atoms in total. The fourth-order valence-electron chi connectivity index (χ4n) is 1.79.